The van der Waals surface area contributed by atoms with E-state index in [1.54, 1.807) is 12.1 Å². The van der Waals surface area contributed by atoms with Crippen molar-refractivity contribution in [1.29, 1.82) is 0 Å². The maximum Gasteiger partial charge on any atom is 0.329 e. The maximum atomic E-state index is 12.0. The summed E-state index contributed by atoms with van der Waals surface area (Å²) in [5.41, 5.74) is 0.456. The first-order chi connectivity index (χ1) is 10.9. The van der Waals surface area contributed by atoms with Crippen molar-refractivity contribution >= 4 is 35.1 Å². The Balaban J connectivity index is 1.91. The zero-order chi connectivity index (χ0) is 17.0. The fourth-order valence-corrected chi connectivity index (χ4v) is 2.35. The Morgan fingerprint density at radius 1 is 1.43 bits per heavy atom. The summed E-state index contributed by atoms with van der Waals surface area (Å²) in [5.74, 6) is -0.826. The van der Waals surface area contributed by atoms with Crippen LogP contribution in [0.25, 0.3) is 0 Å². The smallest absolute Gasteiger partial charge is 0.329 e. The van der Waals surface area contributed by atoms with Crippen LogP contribution in [0.15, 0.2) is 18.2 Å². The Morgan fingerprint density at radius 2 is 2.17 bits per heavy atom. The lowest BCUT2D eigenvalue weighted by molar-refractivity contribution is -0.155. The molecule has 2 N–H and O–H groups in total. The number of ether oxygens (including phenoxy) is 2. The summed E-state index contributed by atoms with van der Waals surface area (Å²) < 4.78 is 10.1. The molecule has 0 unspecified atom stereocenters. The molecule has 0 bridgehead atoms. The third kappa shape index (κ3) is 4.35. The van der Waals surface area contributed by atoms with Crippen molar-refractivity contribution in [2.45, 2.75) is 31.9 Å². The van der Waals surface area contributed by atoms with Gasteiger partial charge in [0.25, 0.3) is 5.91 Å². The van der Waals surface area contributed by atoms with Crippen molar-refractivity contribution in [3.8, 4) is 5.75 Å². The molecule has 0 radical (unpaired) electrons. The van der Waals surface area contributed by atoms with Crippen molar-refractivity contribution < 1.29 is 23.9 Å². The number of rotatable bonds is 5. The molecule has 1 fully saturated rings. The molecule has 1 heterocycles. The number of hydrogen-bond acceptors (Lipinski definition) is 5. The molecule has 0 aliphatic carbocycles. The quantitative estimate of drug-likeness (QED) is 0.792. The fraction of sp³-hybridized carbons (Fsp3) is 0.400. The minimum atomic E-state index is -0.999. The van der Waals surface area contributed by atoms with E-state index in [-0.39, 0.29) is 12.3 Å². The van der Waals surface area contributed by atoms with Gasteiger partial charge in [-0.15, -0.1) is 0 Å². The predicted octanol–water partition coefficient (Wildman–Crippen LogP) is 1.50. The number of methoxy groups -OCH3 is 1. The third-order valence-electron chi connectivity index (χ3n) is 3.36. The van der Waals surface area contributed by atoms with Crippen LogP contribution in [0.2, 0.25) is 5.02 Å². The number of amides is 2. The van der Waals surface area contributed by atoms with Crippen molar-refractivity contribution in [2.75, 3.05) is 12.4 Å². The summed E-state index contributed by atoms with van der Waals surface area (Å²) in [7, 11) is 1.49. The van der Waals surface area contributed by atoms with Crippen LogP contribution < -0.4 is 15.4 Å². The highest BCUT2D eigenvalue weighted by Gasteiger charge is 2.30. The van der Waals surface area contributed by atoms with E-state index in [9.17, 15) is 14.4 Å². The highest BCUT2D eigenvalue weighted by Crippen LogP contribution is 2.27. The summed E-state index contributed by atoms with van der Waals surface area (Å²) in [6.45, 7) is 1.45. The Bertz CT molecular complexity index is 634. The first kappa shape index (κ1) is 17.1. The van der Waals surface area contributed by atoms with Crippen LogP contribution in [0.1, 0.15) is 19.8 Å². The van der Waals surface area contributed by atoms with Crippen LogP contribution in [0.3, 0.4) is 0 Å². The van der Waals surface area contributed by atoms with Gasteiger partial charge in [-0.25, -0.2) is 4.79 Å². The van der Waals surface area contributed by atoms with E-state index >= 15 is 0 Å². The number of anilines is 1. The molecular weight excluding hydrogens is 324 g/mol. The molecule has 1 aromatic rings. The van der Waals surface area contributed by atoms with Crippen LogP contribution in [0, 0.1) is 0 Å². The summed E-state index contributed by atoms with van der Waals surface area (Å²) >= 11 is 5.97. The van der Waals surface area contributed by atoms with Crippen LogP contribution in [0.4, 0.5) is 5.69 Å². The SMILES string of the molecule is COc1ccc(NC(=O)[C@H](C)OC(=O)[C@H]2CCC(=O)N2)cc1Cl. The van der Waals surface area contributed by atoms with Gasteiger partial charge >= 0.3 is 5.97 Å². The Hall–Kier alpha value is -2.28. The second kappa shape index (κ2) is 7.32. The van der Waals surface area contributed by atoms with Gasteiger partial charge in [0.2, 0.25) is 5.91 Å². The molecule has 7 nitrogen and oxygen atoms in total. The molecule has 2 rings (SSSR count). The molecule has 23 heavy (non-hydrogen) atoms. The Morgan fingerprint density at radius 3 is 2.74 bits per heavy atom. The molecule has 1 aliphatic rings. The monoisotopic (exact) mass is 340 g/mol. The molecule has 124 valence electrons. The van der Waals surface area contributed by atoms with Gasteiger partial charge in [-0.05, 0) is 31.5 Å². The normalized spacial score (nSPS) is 18.0. The van der Waals surface area contributed by atoms with Crippen molar-refractivity contribution in [1.82, 2.24) is 5.32 Å². The summed E-state index contributed by atoms with van der Waals surface area (Å²) in [4.78, 5) is 35.0. The number of halogens is 1. The summed E-state index contributed by atoms with van der Waals surface area (Å²) in [6, 6.07) is 4.08. The number of esters is 1. The van der Waals surface area contributed by atoms with Crippen molar-refractivity contribution in [3.63, 3.8) is 0 Å². The first-order valence-electron chi connectivity index (χ1n) is 7.05. The van der Waals surface area contributed by atoms with E-state index in [0.29, 0.717) is 22.9 Å². The van der Waals surface area contributed by atoms with E-state index < -0.39 is 24.0 Å². The average molecular weight is 341 g/mol. The fourth-order valence-electron chi connectivity index (χ4n) is 2.09. The van der Waals surface area contributed by atoms with Gasteiger partial charge in [0.15, 0.2) is 6.10 Å². The van der Waals surface area contributed by atoms with E-state index in [0.717, 1.165) is 0 Å². The number of carbonyl (C=O) groups excluding carboxylic acids is 3. The molecule has 1 aromatic carbocycles. The molecule has 8 heteroatoms. The zero-order valence-corrected chi connectivity index (χ0v) is 13.5. The van der Waals surface area contributed by atoms with Crippen LogP contribution >= 0.6 is 11.6 Å². The molecule has 0 aromatic heterocycles. The largest absolute Gasteiger partial charge is 0.495 e. The second-order valence-electron chi connectivity index (χ2n) is 5.08. The molecule has 1 aliphatic heterocycles. The van der Waals surface area contributed by atoms with Gasteiger partial charge in [-0.2, -0.15) is 0 Å². The topological polar surface area (TPSA) is 93.7 Å². The van der Waals surface area contributed by atoms with Gasteiger partial charge in [-0.1, -0.05) is 11.6 Å². The first-order valence-corrected chi connectivity index (χ1v) is 7.42. The van der Waals surface area contributed by atoms with Gasteiger partial charge in [0, 0.05) is 12.1 Å². The van der Waals surface area contributed by atoms with Crippen molar-refractivity contribution in [2.24, 2.45) is 0 Å². The lowest BCUT2D eigenvalue weighted by Crippen LogP contribution is -2.39. The number of benzene rings is 1. The lowest BCUT2D eigenvalue weighted by Gasteiger charge is -2.16. The highest BCUT2D eigenvalue weighted by molar-refractivity contribution is 6.32. The summed E-state index contributed by atoms with van der Waals surface area (Å²) in [6.07, 6.45) is -0.342. The van der Waals surface area contributed by atoms with Gasteiger partial charge < -0.3 is 20.1 Å². The molecule has 1 saturated heterocycles. The number of nitrogens with one attached hydrogen (secondary N) is 2. The molecule has 2 atom stereocenters. The van der Waals surface area contributed by atoms with E-state index in [2.05, 4.69) is 10.6 Å². The van der Waals surface area contributed by atoms with Gasteiger partial charge in [-0.3, -0.25) is 9.59 Å². The second-order valence-corrected chi connectivity index (χ2v) is 5.48. The molecular formula is C15H17ClN2O5. The Labute approximate surface area is 138 Å². The molecule has 2 amide bonds. The van der Waals surface area contributed by atoms with Crippen LogP contribution in [-0.2, 0) is 19.1 Å². The predicted molar refractivity (Wildman–Crippen MR) is 83.4 cm³/mol. The minimum absolute atomic E-state index is 0.197. The summed E-state index contributed by atoms with van der Waals surface area (Å²) in [5, 5.41) is 5.44. The molecule has 0 spiro atoms. The standard InChI is InChI=1S/C15H17ClN2O5/c1-8(23-15(21)11-4-6-13(19)18-11)14(20)17-9-3-5-12(22-2)10(16)7-9/h3,5,7-8,11H,4,6H2,1-2H3,(H,17,20)(H,18,19)/t8-,11+/m0/s1. The average Bonchev–Trinajstić information content (AvgIpc) is 2.94. The third-order valence-corrected chi connectivity index (χ3v) is 3.66. The lowest BCUT2D eigenvalue weighted by atomic mass is 10.2. The zero-order valence-electron chi connectivity index (χ0n) is 12.7. The van der Waals surface area contributed by atoms with Gasteiger partial charge in [0.1, 0.15) is 11.8 Å². The van der Waals surface area contributed by atoms with E-state index in [1.807, 2.05) is 0 Å². The van der Waals surface area contributed by atoms with Crippen LogP contribution in [-0.4, -0.2) is 37.0 Å². The number of hydrogen-bond donors (Lipinski definition) is 2. The van der Waals surface area contributed by atoms with E-state index in [4.69, 9.17) is 21.1 Å². The van der Waals surface area contributed by atoms with Crippen LogP contribution in [0.5, 0.6) is 5.75 Å². The molecule has 0 saturated carbocycles. The Kier molecular flexibility index (Phi) is 5.44. The van der Waals surface area contributed by atoms with Crippen molar-refractivity contribution in [3.05, 3.63) is 23.2 Å². The van der Waals surface area contributed by atoms with E-state index in [1.165, 1.54) is 20.1 Å². The maximum absolute atomic E-state index is 12.0. The highest BCUT2D eigenvalue weighted by atomic mass is 35.5. The minimum Gasteiger partial charge on any atom is -0.495 e. The van der Waals surface area contributed by atoms with Gasteiger partial charge in [0.05, 0.1) is 12.1 Å². The number of carbonyl (C=O) groups is 3.